The molecule has 0 unspecified atom stereocenters. The van der Waals surface area contributed by atoms with E-state index in [1.54, 1.807) is 34.9 Å². The van der Waals surface area contributed by atoms with E-state index in [4.69, 9.17) is 4.74 Å². The molecule has 15 heteroatoms. The molecule has 0 bridgehead atoms. The fourth-order valence-electron chi connectivity index (χ4n) is 8.22. The number of fused-ring (bicyclic) bond motifs is 1. The molecule has 0 radical (unpaired) electrons. The van der Waals surface area contributed by atoms with Gasteiger partial charge in [-0.3, -0.25) is 4.79 Å². The molecule has 4 aliphatic rings. The number of carbonyl (C=O) groups excluding carboxylic acids is 3. The lowest BCUT2D eigenvalue weighted by atomic mass is 9.79. The fraction of sp³-hybridized carbons (Fsp3) is 0.583. The third kappa shape index (κ3) is 8.68. The number of anilines is 1. The van der Waals surface area contributed by atoms with E-state index in [0.717, 1.165) is 48.9 Å². The van der Waals surface area contributed by atoms with Crippen LogP contribution in [0.5, 0.6) is 5.75 Å². The molecule has 6 rings (SSSR count). The van der Waals surface area contributed by atoms with E-state index in [2.05, 4.69) is 21.2 Å². The SMILES string of the molecule is Bc1cc(C[C@@H](OC(=O)N2CCC(N3CCc4ccccc4NC3=O)CC2)C(=O)N2CCC(C3CCN(S(=O)(=O)CC)CC3)CC2)cc(Br)c1O. The smallest absolute Gasteiger partial charge is 0.410 e. The van der Waals surface area contributed by atoms with Gasteiger partial charge in [0.15, 0.2) is 6.10 Å². The van der Waals surface area contributed by atoms with E-state index in [1.807, 2.05) is 35.2 Å². The van der Waals surface area contributed by atoms with Crippen molar-refractivity contribution in [3.63, 3.8) is 0 Å². The van der Waals surface area contributed by atoms with Crippen LogP contribution < -0.4 is 10.8 Å². The first kappa shape index (κ1) is 37.5. The number of para-hydroxylation sites is 1. The number of nitrogens with zero attached hydrogens (tertiary/aromatic N) is 4. The zero-order chi connectivity index (χ0) is 36.3. The predicted octanol–water partition coefficient (Wildman–Crippen LogP) is 3.32. The molecule has 0 saturated carbocycles. The number of nitrogens with one attached hydrogen (secondary N) is 1. The van der Waals surface area contributed by atoms with Crippen LogP contribution in [0.2, 0.25) is 0 Å². The van der Waals surface area contributed by atoms with Gasteiger partial charge in [-0.2, -0.15) is 0 Å². The molecular weight excluding hydrogens is 737 g/mol. The van der Waals surface area contributed by atoms with Crippen LogP contribution >= 0.6 is 15.9 Å². The Morgan fingerprint density at radius 3 is 2.24 bits per heavy atom. The van der Waals surface area contributed by atoms with Crippen molar-refractivity contribution >= 4 is 63.0 Å². The summed E-state index contributed by atoms with van der Waals surface area (Å²) >= 11 is 3.40. The van der Waals surface area contributed by atoms with Gasteiger partial charge in [0.05, 0.1) is 10.2 Å². The van der Waals surface area contributed by atoms with Crippen LogP contribution in [0.15, 0.2) is 40.9 Å². The van der Waals surface area contributed by atoms with Gasteiger partial charge in [-0.15, -0.1) is 0 Å². The van der Waals surface area contributed by atoms with Crippen LogP contribution in [0.25, 0.3) is 0 Å². The Bertz CT molecular complexity index is 1680. The van der Waals surface area contributed by atoms with Crippen molar-refractivity contribution in [1.82, 2.24) is 19.0 Å². The maximum atomic E-state index is 14.1. The second kappa shape index (κ2) is 16.2. The van der Waals surface area contributed by atoms with Crippen molar-refractivity contribution in [2.75, 3.05) is 56.9 Å². The summed E-state index contributed by atoms with van der Waals surface area (Å²) in [6.07, 6.45) is 3.87. The Labute approximate surface area is 310 Å². The normalized spacial score (nSPS) is 20.7. The molecule has 0 spiro atoms. The van der Waals surface area contributed by atoms with Crippen LogP contribution in [0.4, 0.5) is 15.3 Å². The zero-order valence-corrected chi connectivity index (χ0v) is 32.0. The van der Waals surface area contributed by atoms with Crippen molar-refractivity contribution < 1.29 is 32.6 Å². The molecule has 3 fully saturated rings. The van der Waals surface area contributed by atoms with Gasteiger partial charge in [0.1, 0.15) is 13.6 Å². The molecule has 4 heterocycles. The number of likely N-dealkylation sites (tertiary alicyclic amines) is 2. The van der Waals surface area contributed by atoms with E-state index in [9.17, 15) is 27.9 Å². The first-order valence-electron chi connectivity index (χ1n) is 18.3. The highest BCUT2D eigenvalue weighted by atomic mass is 79.9. The summed E-state index contributed by atoms with van der Waals surface area (Å²) in [5, 5.41) is 13.3. The summed E-state index contributed by atoms with van der Waals surface area (Å²) in [6.45, 7) is 5.32. The van der Waals surface area contributed by atoms with Crippen molar-refractivity contribution in [1.29, 1.82) is 0 Å². The second-order valence-electron chi connectivity index (χ2n) is 14.4. The Morgan fingerprint density at radius 1 is 0.961 bits per heavy atom. The molecule has 2 aromatic rings. The topological polar surface area (TPSA) is 140 Å². The van der Waals surface area contributed by atoms with Gasteiger partial charge in [0.2, 0.25) is 10.0 Å². The van der Waals surface area contributed by atoms with Gasteiger partial charge < -0.3 is 29.9 Å². The van der Waals surface area contributed by atoms with Crippen LogP contribution in [-0.4, -0.2) is 122 Å². The van der Waals surface area contributed by atoms with Gasteiger partial charge in [-0.1, -0.05) is 24.3 Å². The fourth-order valence-corrected chi connectivity index (χ4v) is 9.96. The summed E-state index contributed by atoms with van der Waals surface area (Å²) in [7, 11) is -1.39. The Morgan fingerprint density at radius 2 is 1.59 bits per heavy atom. The highest BCUT2D eigenvalue weighted by Crippen LogP contribution is 2.34. The van der Waals surface area contributed by atoms with Gasteiger partial charge in [0, 0.05) is 64.0 Å². The molecule has 2 N–H and O–H groups in total. The quantitative estimate of drug-likeness (QED) is 0.392. The van der Waals surface area contributed by atoms with Crippen LogP contribution in [0.1, 0.15) is 56.6 Å². The largest absolute Gasteiger partial charge is 0.507 e. The molecule has 1 atom stereocenters. The number of halogens is 1. The Balaban J connectivity index is 1.07. The van der Waals surface area contributed by atoms with E-state index in [1.165, 1.54) is 0 Å². The molecule has 276 valence electrons. The number of carbonyl (C=O) groups is 3. The number of sulfonamides is 1. The summed E-state index contributed by atoms with van der Waals surface area (Å²) < 4.78 is 32.8. The molecule has 2 aromatic carbocycles. The third-order valence-electron chi connectivity index (χ3n) is 11.3. The van der Waals surface area contributed by atoms with E-state index >= 15 is 0 Å². The van der Waals surface area contributed by atoms with Gasteiger partial charge in [-0.25, -0.2) is 22.3 Å². The molecule has 12 nitrogen and oxygen atoms in total. The number of hydrogen-bond acceptors (Lipinski definition) is 7. The number of ether oxygens (including phenoxy) is 1. The average Bonchev–Trinajstić information content (AvgIpc) is 3.31. The van der Waals surface area contributed by atoms with E-state index in [-0.39, 0.29) is 35.9 Å². The molecule has 51 heavy (non-hydrogen) atoms. The molecule has 3 saturated heterocycles. The van der Waals surface area contributed by atoms with Crippen molar-refractivity contribution in [3.05, 3.63) is 52.0 Å². The number of amides is 4. The zero-order valence-electron chi connectivity index (χ0n) is 29.6. The first-order valence-corrected chi connectivity index (χ1v) is 20.7. The minimum Gasteiger partial charge on any atom is -0.507 e. The highest BCUT2D eigenvalue weighted by Gasteiger charge is 2.38. The average molecular weight is 787 g/mol. The van der Waals surface area contributed by atoms with E-state index < -0.39 is 22.2 Å². The van der Waals surface area contributed by atoms with Crippen LogP contribution in [0.3, 0.4) is 0 Å². The second-order valence-corrected chi connectivity index (χ2v) is 17.5. The summed E-state index contributed by atoms with van der Waals surface area (Å²) in [5.74, 6) is 0.858. The number of hydrogen-bond donors (Lipinski definition) is 2. The maximum Gasteiger partial charge on any atom is 0.410 e. The van der Waals surface area contributed by atoms with Crippen molar-refractivity contribution in [3.8, 4) is 5.75 Å². The van der Waals surface area contributed by atoms with Crippen molar-refractivity contribution in [2.45, 2.75) is 70.4 Å². The van der Waals surface area contributed by atoms with Crippen LogP contribution in [0, 0.1) is 11.8 Å². The van der Waals surface area contributed by atoms with Crippen molar-refractivity contribution in [2.24, 2.45) is 11.8 Å². The maximum absolute atomic E-state index is 14.1. The number of phenols is 1. The lowest BCUT2D eigenvalue weighted by Crippen LogP contribution is -2.52. The lowest BCUT2D eigenvalue weighted by molar-refractivity contribution is -0.142. The third-order valence-corrected chi connectivity index (χ3v) is 13.8. The number of piperidine rings is 3. The predicted molar refractivity (Wildman–Crippen MR) is 201 cm³/mol. The molecule has 0 aromatic heterocycles. The number of aromatic hydroxyl groups is 1. The summed E-state index contributed by atoms with van der Waals surface area (Å²) in [6, 6.07) is 11.3. The number of urea groups is 1. The molecule has 4 aliphatic heterocycles. The van der Waals surface area contributed by atoms with Gasteiger partial charge in [-0.05, 0) is 108 Å². The highest BCUT2D eigenvalue weighted by molar-refractivity contribution is 9.10. The Kier molecular flexibility index (Phi) is 11.9. The van der Waals surface area contributed by atoms with Crippen LogP contribution in [-0.2, 0) is 32.4 Å². The standard InChI is InChI=1S/C36H49BBrN5O7S/c1-2-51(48,49)42-18-9-26(10-19-42)25-7-14-40(15-8-25)34(45)32(23-24-21-29(37)33(44)30(38)22-24)50-36(47)41-16-12-28(13-17-41)43-20-11-27-5-3-4-6-31(27)39-35(43)46/h3-6,21-22,25-26,28,32,44H,2,7-20,23,37H2,1H3,(H,39,46)/t32-/m1/s1. The lowest BCUT2D eigenvalue weighted by Gasteiger charge is -2.40. The number of phenolic OH excluding ortho intramolecular Hbond substituents is 1. The molecule has 0 aliphatic carbocycles. The van der Waals surface area contributed by atoms with Gasteiger partial charge >= 0.3 is 12.1 Å². The molecular formula is C36H49BBrN5O7S. The summed E-state index contributed by atoms with van der Waals surface area (Å²) in [5.41, 5.74) is 3.36. The minimum absolute atomic E-state index is 0.0114. The Hall–Kier alpha value is -3.30. The number of rotatable bonds is 8. The monoisotopic (exact) mass is 785 g/mol. The number of benzene rings is 2. The first-order chi connectivity index (χ1) is 24.4. The summed E-state index contributed by atoms with van der Waals surface area (Å²) in [4.78, 5) is 46.2. The molecule has 4 amide bonds. The van der Waals surface area contributed by atoms with Gasteiger partial charge in [0.25, 0.3) is 5.91 Å². The van der Waals surface area contributed by atoms with E-state index in [0.29, 0.717) is 80.4 Å². The minimum atomic E-state index is -3.18.